The van der Waals surface area contributed by atoms with Crippen LogP contribution in [0, 0.1) is 10.1 Å². The number of nitrogens with one attached hydrogen (secondary N) is 1. The number of non-ortho nitro benzene ring substituents is 1. The van der Waals surface area contributed by atoms with E-state index in [1.165, 1.54) is 12.1 Å². The number of piperazine rings is 1. The third-order valence-corrected chi connectivity index (χ3v) is 4.79. The van der Waals surface area contributed by atoms with Crippen molar-refractivity contribution in [3.8, 4) is 0 Å². The van der Waals surface area contributed by atoms with Crippen molar-refractivity contribution in [2.75, 3.05) is 40.3 Å². The molecular weight excluding hydrogens is 322 g/mol. The molecule has 25 heavy (non-hydrogen) atoms. The monoisotopic (exact) mass is 345 g/mol. The van der Waals surface area contributed by atoms with Crippen molar-refractivity contribution in [1.82, 2.24) is 19.7 Å². The van der Waals surface area contributed by atoms with Gasteiger partial charge < -0.3 is 14.8 Å². The summed E-state index contributed by atoms with van der Waals surface area (Å²) in [5.74, 6) is -0.0579. The smallest absolute Gasteiger partial charge is 0.270 e. The first kappa shape index (κ1) is 17.4. The van der Waals surface area contributed by atoms with Crippen LogP contribution in [0.4, 0.5) is 5.69 Å². The van der Waals surface area contributed by atoms with E-state index in [0.29, 0.717) is 12.6 Å². The zero-order valence-electron chi connectivity index (χ0n) is 14.5. The molecule has 0 radical (unpaired) electrons. The number of nitro benzene ring substituents is 1. The van der Waals surface area contributed by atoms with Crippen LogP contribution >= 0.6 is 0 Å². The fourth-order valence-corrected chi connectivity index (χ4v) is 3.20. The predicted molar refractivity (Wildman–Crippen MR) is 95.5 cm³/mol. The number of hydrogen-bond donors (Lipinski definition) is 1. The molecule has 1 atom stereocenters. The van der Waals surface area contributed by atoms with Crippen LogP contribution in [-0.4, -0.2) is 71.5 Å². The van der Waals surface area contributed by atoms with Gasteiger partial charge in [-0.15, -0.1) is 0 Å². The summed E-state index contributed by atoms with van der Waals surface area (Å²) in [6.45, 7) is 3.80. The quantitative estimate of drug-likeness (QED) is 0.643. The molecular formula is C17H23N5O3. The fourth-order valence-electron chi connectivity index (χ4n) is 3.20. The van der Waals surface area contributed by atoms with Gasteiger partial charge in [0.05, 0.1) is 4.92 Å². The number of nitro groups is 1. The maximum absolute atomic E-state index is 12.3. The van der Waals surface area contributed by atoms with Gasteiger partial charge in [0.25, 0.3) is 5.69 Å². The lowest BCUT2D eigenvalue weighted by atomic mass is 10.2. The van der Waals surface area contributed by atoms with Crippen molar-refractivity contribution in [3.63, 3.8) is 0 Å². The van der Waals surface area contributed by atoms with Gasteiger partial charge >= 0.3 is 0 Å². The molecule has 0 bridgehead atoms. The van der Waals surface area contributed by atoms with Crippen LogP contribution in [0.15, 0.2) is 30.5 Å². The molecule has 1 N–H and O–H groups in total. The van der Waals surface area contributed by atoms with Crippen LogP contribution in [0.25, 0.3) is 10.9 Å². The van der Waals surface area contributed by atoms with Crippen molar-refractivity contribution >= 4 is 22.5 Å². The number of carbonyl (C=O) groups excluding carboxylic acids is 1. The maximum atomic E-state index is 12.3. The highest BCUT2D eigenvalue weighted by Gasteiger charge is 2.22. The van der Waals surface area contributed by atoms with Gasteiger partial charge in [0, 0.05) is 61.5 Å². The number of amides is 1. The lowest BCUT2D eigenvalue weighted by Crippen LogP contribution is -2.54. The van der Waals surface area contributed by atoms with Gasteiger partial charge in [-0.2, -0.15) is 0 Å². The lowest BCUT2D eigenvalue weighted by molar-refractivity contribution is -0.384. The van der Waals surface area contributed by atoms with Crippen molar-refractivity contribution in [3.05, 3.63) is 40.6 Å². The third-order valence-electron chi connectivity index (χ3n) is 4.79. The van der Waals surface area contributed by atoms with E-state index in [1.807, 2.05) is 4.57 Å². The summed E-state index contributed by atoms with van der Waals surface area (Å²) in [4.78, 5) is 27.2. The summed E-state index contributed by atoms with van der Waals surface area (Å²) in [7, 11) is 4.17. The molecule has 0 aliphatic carbocycles. The van der Waals surface area contributed by atoms with Gasteiger partial charge in [0.2, 0.25) is 5.91 Å². The Morgan fingerprint density at radius 1 is 1.32 bits per heavy atom. The van der Waals surface area contributed by atoms with E-state index in [2.05, 4.69) is 29.2 Å². The second-order valence-electron chi connectivity index (χ2n) is 6.64. The Morgan fingerprint density at radius 3 is 2.88 bits per heavy atom. The normalized spacial score (nSPS) is 19.2. The molecule has 1 saturated heterocycles. The van der Waals surface area contributed by atoms with E-state index in [0.717, 1.165) is 30.5 Å². The minimum atomic E-state index is -0.415. The summed E-state index contributed by atoms with van der Waals surface area (Å²) in [6.07, 6.45) is 1.79. The van der Waals surface area contributed by atoms with Gasteiger partial charge in [0.15, 0.2) is 0 Å². The Hall–Kier alpha value is -2.45. The number of rotatable bonds is 5. The zero-order chi connectivity index (χ0) is 18.0. The van der Waals surface area contributed by atoms with Crippen LogP contribution in [0.1, 0.15) is 0 Å². The van der Waals surface area contributed by atoms with Gasteiger partial charge in [-0.05, 0) is 26.2 Å². The second-order valence-corrected chi connectivity index (χ2v) is 6.64. The molecule has 1 fully saturated rings. The molecule has 1 aliphatic heterocycles. The molecule has 1 aromatic heterocycles. The van der Waals surface area contributed by atoms with E-state index in [9.17, 15) is 14.9 Å². The van der Waals surface area contributed by atoms with Crippen molar-refractivity contribution in [2.24, 2.45) is 0 Å². The summed E-state index contributed by atoms with van der Waals surface area (Å²) in [6, 6.07) is 6.77. The lowest BCUT2D eigenvalue weighted by Gasteiger charge is -2.37. The number of nitrogens with zero attached hydrogens (tertiary/aromatic N) is 4. The first-order valence-corrected chi connectivity index (χ1v) is 8.33. The van der Waals surface area contributed by atoms with Crippen molar-refractivity contribution in [2.45, 2.75) is 12.6 Å². The van der Waals surface area contributed by atoms with Crippen LogP contribution in [0.3, 0.4) is 0 Å². The predicted octanol–water partition coefficient (Wildman–Crippen LogP) is 0.912. The van der Waals surface area contributed by atoms with Crippen LogP contribution in [0.5, 0.6) is 0 Å². The molecule has 1 amide bonds. The number of fused-ring (bicyclic) bond motifs is 1. The first-order valence-electron chi connectivity index (χ1n) is 8.33. The molecule has 1 aromatic carbocycles. The van der Waals surface area contributed by atoms with E-state index in [4.69, 9.17) is 0 Å². The summed E-state index contributed by atoms with van der Waals surface area (Å²) in [5.41, 5.74) is 0.870. The van der Waals surface area contributed by atoms with Crippen molar-refractivity contribution < 1.29 is 9.72 Å². The van der Waals surface area contributed by atoms with Crippen LogP contribution in [0.2, 0.25) is 0 Å². The summed E-state index contributed by atoms with van der Waals surface area (Å²) >= 11 is 0. The molecule has 0 spiro atoms. The zero-order valence-corrected chi connectivity index (χ0v) is 14.5. The standard InChI is InChI=1S/C17H23N5O3/c1-19-7-8-20(2)15(11-19)10-18-17(23)12-21-6-5-13-9-14(22(24)25)3-4-16(13)21/h3-6,9,15H,7-8,10-12H2,1-2H3,(H,18,23). The highest BCUT2D eigenvalue weighted by atomic mass is 16.6. The van der Waals surface area contributed by atoms with Gasteiger partial charge in [-0.3, -0.25) is 19.8 Å². The minimum Gasteiger partial charge on any atom is -0.353 e. The van der Waals surface area contributed by atoms with E-state index in [1.54, 1.807) is 18.3 Å². The molecule has 1 aliphatic rings. The number of aromatic nitrogens is 1. The average Bonchev–Trinajstić information content (AvgIpc) is 2.98. The summed E-state index contributed by atoms with van der Waals surface area (Å²) < 4.78 is 1.81. The Kier molecular flexibility index (Phi) is 5.00. The van der Waals surface area contributed by atoms with Crippen molar-refractivity contribution in [1.29, 1.82) is 0 Å². The molecule has 3 rings (SSSR count). The number of likely N-dealkylation sites (N-methyl/N-ethyl adjacent to an activating group) is 2. The molecule has 2 heterocycles. The van der Waals surface area contributed by atoms with E-state index in [-0.39, 0.29) is 18.1 Å². The van der Waals surface area contributed by atoms with Gasteiger partial charge in [-0.1, -0.05) is 0 Å². The number of carbonyl (C=O) groups is 1. The topological polar surface area (TPSA) is 83.6 Å². The largest absolute Gasteiger partial charge is 0.353 e. The molecule has 8 heteroatoms. The highest BCUT2D eigenvalue weighted by molar-refractivity contribution is 5.85. The Labute approximate surface area is 146 Å². The Morgan fingerprint density at radius 2 is 2.12 bits per heavy atom. The highest BCUT2D eigenvalue weighted by Crippen LogP contribution is 2.21. The SMILES string of the molecule is CN1CCN(C)C(CNC(=O)Cn2ccc3cc([N+](=O)[O-])ccc32)C1. The molecule has 1 unspecified atom stereocenters. The molecule has 134 valence electrons. The van der Waals surface area contributed by atoms with Crippen LogP contribution < -0.4 is 5.32 Å². The molecule has 0 saturated carbocycles. The second kappa shape index (κ2) is 7.20. The third kappa shape index (κ3) is 3.97. The van der Waals surface area contributed by atoms with Crippen LogP contribution in [-0.2, 0) is 11.3 Å². The fraction of sp³-hybridized carbons (Fsp3) is 0.471. The Balaban J connectivity index is 1.61. The van der Waals surface area contributed by atoms with E-state index < -0.39 is 4.92 Å². The average molecular weight is 345 g/mol. The molecule has 2 aromatic rings. The Bertz CT molecular complexity index is 788. The summed E-state index contributed by atoms with van der Waals surface area (Å²) in [5, 5.41) is 14.6. The minimum absolute atomic E-state index is 0.0548. The number of benzene rings is 1. The van der Waals surface area contributed by atoms with E-state index >= 15 is 0 Å². The van der Waals surface area contributed by atoms with Gasteiger partial charge in [0.1, 0.15) is 6.54 Å². The van der Waals surface area contributed by atoms with Gasteiger partial charge in [-0.25, -0.2) is 0 Å². The number of hydrogen-bond acceptors (Lipinski definition) is 5. The molecule has 8 nitrogen and oxygen atoms in total. The first-order chi connectivity index (χ1) is 11.9. The maximum Gasteiger partial charge on any atom is 0.270 e.